The molecule has 6 nitrogen and oxygen atoms in total. The van der Waals surface area contributed by atoms with Gasteiger partial charge in [0.05, 0.1) is 6.54 Å². The average Bonchev–Trinajstić information content (AvgIpc) is 2.76. The molecular formula is C15H26N4O2. The molecule has 0 unspecified atom stereocenters. The monoisotopic (exact) mass is 294 g/mol. The predicted molar refractivity (Wildman–Crippen MR) is 79.8 cm³/mol. The van der Waals surface area contributed by atoms with Crippen LogP contribution in [0.2, 0.25) is 0 Å². The molecule has 3 heterocycles. The second-order valence-corrected chi connectivity index (χ2v) is 6.86. The van der Waals surface area contributed by atoms with Gasteiger partial charge in [-0.05, 0) is 38.4 Å². The van der Waals surface area contributed by atoms with Gasteiger partial charge in [0, 0.05) is 39.1 Å². The van der Waals surface area contributed by atoms with Crippen LogP contribution in [0, 0.1) is 5.41 Å². The first-order chi connectivity index (χ1) is 10.1. The molecule has 0 aromatic rings. The van der Waals surface area contributed by atoms with Crippen molar-refractivity contribution in [3.05, 3.63) is 0 Å². The van der Waals surface area contributed by atoms with Crippen LogP contribution in [-0.4, -0.2) is 85.9 Å². The van der Waals surface area contributed by atoms with E-state index >= 15 is 0 Å². The number of likely N-dealkylation sites (N-methyl/N-ethyl adjacent to an activating group) is 1. The van der Waals surface area contributed by atoms with Gasteiger partial charge in [0.1, 0.15) is 0 Å². The normalized spacial score (nSPS) is 26.6. The fourth-order valence-electron chi connectivity index (χ4n) is 3.74. The summed E-state index contributed by atoms with van der Waals surface area (Å²) in [5.41, 5.74) is 0.130. The lowest BCUT2D eigenvalue weighted by Crippen LogP contribution is -2.50. The first kappa shape index (κ1) is 14.8. The van der Waals surface area contributed by atoms with Gasteiger partial charge < -0.3 is 20.0 Å². The van der Waals surface area contributed by atoms with Crippen molar-refractivity contribution in [2.75, 3.05) is 59.4 Å². The molecule has 0 saturated carbocycles. The van der Waals surface area contributed by atoms with Gasteiger partial charge in [-0.15, -0.1) is 0 Å². The molecule has 1 N–H and O–H groups in total. The number of likely N-dealkylation sites (tertiary alicyclic amines) is 1. The third-order valence-corrected chi connectivity index (χ3v) is 5.25. The fraction of sp³-hybridized carbons (Fsp3) is 0.867. The molecule has 3 rings (SSSR count). The number of carbonyl (C=O) groups excluding carboxylic acids is 2. The van der Waals surface area contributed by atoms with Crippen LogP contribution in [0.25, 0.3) is 0 Å². The molecule has 3 saturated heterocycles. The molecule has 0 aromatic carbocycles. The maximum Gasteiger partial charge on any atom is 0.242 e. The minimum Gasteiger partial charge on any atom is -0.339 e. The summed E-state index contributed by atoms with van der Waals surface area (Å²) in [7, 11) is 2.08. The number of piperidine rings is 1. The molecular weight excluding hydrogens is 268 g/mol. The van der Waals surface area contributed by atoms with Crippen molar-refractivity contribution in [3.63, 3.8) is 0 Å². The summed E-state index contributed by atoms with van der Waals surface area (Å²) in [5, 5.41) is 3.35. The zero-order valence-electron chi connectivity index (χ0n) is 12.9. The van der Waals surface area contributed by atoms with E-state index in [1.54, 1.807) is 4.90 Å². The van der Waals surface area contributed by atoms with Gasteiger partial charge in [-0.2, -0.15) is 0 Å². The third-order valence-electron chi connectivity index (χ3n) is 5.25. The molecule has 2 amide bonds. The van der Waals surface area contributed by atoms with E-state index in [9.17, 15) is 9.59 Å². The second-order valence-electron chi connectivity index (χ2n) is 6.86. The summed E-state index contributed by atoms with van der Waals surface area (Å²) in [5.74, 6) is 0.279. The van der Waals surface area contributed by atoms with Crippen LogP contribution >= 0.6 is 0 Å². The van der Waals surface area contributed by atoms with Crippen LogP contribution in [0.1, 0.15) is 19.3 Å². The van der Waals surface area contributed by atoms with Crippen LogP contribution in [0.5, 0.6) is 0 Å². The summed E-state index contributed by atoms with van der Waals surface area (Å²) in [4.78, 5) is 30.6. The molecule has 0 aliphatic carbocycles. The molecule has 3 aliphatic rings. The molecule has 0 atom stereocenters. The lowest BCUT2D eigenvalue weighted by Gasteiger charge is -2.35. The van der Waals surface area contributed by atoms with Crippen molar-refractivity contribution in [2.45, 2.75) is 19.3 Å². The summed E-state index contributed by atoms with van der Waals surface area (Å²) >= 11 is 0. The maximum absolute atomic E-state index is 12.4. The highest BCUT2D eigenvalue weighted by atomic mass is 16.2. The summed E-state index contributed by atoms with van der Waals surface area (Å²) in [6.07, 6.45) is 2.74. The maximum atomic E-state index is 12.4. The number of carbonyl (C=O) groups is 2. The minimum atomic E-state index is 0.113. The van der Waals surface area contributed by atoms with E-state index in [-0.39, 0.29) is 23.8 Å². The van der Waals surface area contributed by atoms with E-state index in [2.05, 4.69) is 17.3 Å². The van der Waals surface area contributed by atoms with Gasteiger partial charge in [0.2, 0.25) is 11.8 Å². The highest BCUT2D eigenvalue weighted by molar-refractivity contribution is 5.86. The Morgan fingerprint density at radius 2 is 1.86 bits per heavy atom. The Morgan fingerprint density at radius 3 is 2.52 bits per heavy atom. The van der Waals surface area contributed by atoms with Gasteiger partial charge in [-0.3, -0.25) is 9.59 Å². The number of hydrogen-bond donors (Lipinski definition) is 1. The summed E-state index contributed by atoms with van der Waals surface area (Å²) < 4.78 is 0. The smallest absolute Gasteiger partial charge is 0.242 e. The van der Waals surface area contributed by atoms with E-state index < -0.39 is 0 Å². The second kappa shape index (κ2) is 5.93. The molecule has 21 heavy (non-hydrogen) atoms. The van der Waals surface area contributed by atoms with Crippen LogP contribution in [0.15, 0.2) is 0 Å². The molecule has 3 fully saturated rings. The van der Waals surface area contributed by atoms with Gasteiger partial charge in [-0.25, -0.2) is 0 Å². The number of nitrogens with zero attached hydrogens (tertiary/aromatic N) is 3. The van der Waals surface area contributed by atoms with Gasteiger partial charge in [-0.1, -0.05) is 0 Å². The number of piperazine rings is 1. The van der Waals surface area contributed by atoms with Crippen molar-refractivity contribution in [1.82, 2.24) is 20.0 Å². The van der Waals surface area contributed by atoms with Crippen molar-refractivity contribution >= 4 is 11.8 Å². The Labute approximate surface area is 126 Å². The van der Waals surface area contributed by atoms with Gasteiger partial charge in [0.15, 0.2) is 0 Å². The van der Waals surface area contributed by atoms with Gasteiger partial charge in [0.25, 0.3) is 0 Å². The molecule has 6 heteroatoms. The predicted octanol–water partition coefficient (Wildman–Crippen LogP) is -0.637. The third kappa shape index (κ3) is 3.21. The SMILES string of the molecule is CN1CCN(C(=O)CN2CC3(CCNCC3)CC2=O)CC1. The van der Waals surface area contributed by atoms with Crippen LogP contribution in [-0.2, 0) is 9.59 Å². The van der Waals surface area contributed by atoms with Crippen LogP contribution < -0.4 is 5.32 Å². The highest BCUT2D eigenvalue weighted by Gasteiger charge is 2.44. The topological polar surface area (TPSA) is 55.9 Å². The first-order valence-corrected chi connectivity index (χ1v) is 8.03. The Balaban J connectivity index is 1.55. The lowest BCUT2D eigenvalue weighted by molar-refractivity contribution is -0.139. The van der Waals surface area contributed by atoms with Crippen molar-refractivity contribution < 1.29 is 9.59 Å². The first-order valence-electron chi connectivity index (χ1n) is 8.03. The number of rotatable bonds is 2. The van der Waals surface area contributed by atoms with E-state index in [1.165, 1.54) is 0 Å². The van der Waals surface area contributed by atoms with Crippen LogP contribution in [0.3, 0.4) is 0 Å². The van der Waals surface area contributed by atoms with Crippen molar-refractivity contribution in [2.24, 2.45) is 5.41 Å². The Morgan fingerprint density at radius 1 is 1.19 bits per heavy atom. The Kier molecular flexibility index (Phi) is 4.17. The quantitative estimate of drug-likeness (QED) is 0.736. The number of amides is 2. The molecule has 3 aliphatic heterocycles. The van der Waals surface area contributed by atoms with E-state index in [4.69, 9.17) is 0 Å². The summed E-state index contributed by atoms with van der Waals surface area (Å²) in [6, 6.07) is 0. The molecule has 118 valence electrons. The fourth-order valence-corrected chi connectivity index (χ4v) is 3.74. The van der Waals surface area contributed by atoms with E-state index in [0.717, 1.165) is 58.7 Å². The number of nitrogens with one attached hydrogen (secondary N) is 1. The largest absolute Gasteiger partial charge is 0.339 e. The molecule has 0 bridgehead atoms. The van der Waals surface area contributed by atoms with E-state index in [0.29, 0.717) is 6.42 Å². The zero-order chi connectivity index (χ0) is 14.9. The van der Waals surface area contributed by atoms with Crippen LogP contribution in [0.4, 0.5) is 0 Å². The van der Waals surface area contributed by atoms with Crippen molar-refractivity contribution in [3.8, 4) is 0 Å². The molecule has 0 aromatic heterocycles. The Bertz CT molecular complexity index is 412. The molecule has 0 radical (unpaired) electrons. The summed E-state index contributed by atoms with van der Waals surface area (Å²) in [6.45, 7) is 6.45. The Hall–Kier alpha value is -1.14. The molecule has 1 spiro atoms. The standard InChI is InChI=1S/C15H26N4O2/c1-17-6-8-18(9-7-17)14(21)11-19-12-15(10-13(19)20)2-4-16-5-3-15/h16H,2-12H2,1H3. The lowest BCUT2D eigenvalue weighted by atomic mass is 9.78. The average molecular weight is 294 g/mol. The minimum absolute atomic E-state index is 0.113. The highest BCUT2D eigenvalue weighted by Crippen LogP contribution is 2.39. The number of hydrogen-bond acceptors (Lipinski definition) is 4. The van der Waals surface area contributed by atoms with Gasteiger partial charge >= 0.3 is 0 Å². The van der Waals surface area contributed by atoms with E-state index in [1.807, 2.05) is 4.90 Å². The van der Waals surface area contributed by atoms with Crippen molar-refractivity contribution in [1.29, 1.82) is 0 Å². The zero-order valence-corrected chi connectivity index (χ0v) is 12.9.